The molecule has 4 nitrogen and oxygen atoms in total. The van der Waals surface area contributed by atoms with Crippen molar-refractivity contribution >= 4 is 15.9 Å². The van der Waals surface area contributed by atoms with Crippen molar-refractivity contribution < 1.29 is 9.26 Å². The highest BCUT2D eigenvalue weighted by molar-refractivity contribution is 9.10. The van der Waals surface area contributed by atoms with Gasteiger partial charge in [-0.3, -0.25) is 0 Å². The molecule has 2 aromatic rings. The first-order chi connectivity index (χ1) is 6.79. The summed E-state index contributed by atoms with van der Waals surface area (Å²) < 4.78 is 10.5. The van der Waals surface area contributed by atoms with Gasteiger partial charge in [-0.2, -0.15) is 4.98 Å². The van der Waals surface area contributed by atoms with Gasteiger partial charge in [-0.25, -0.2) is 0 Å². The maximum absolute atomic E-state index is 5.03. The first-order valence-corrected chi connectivity index (χ1v) is 4.72. The molecule has 0 unspecified atom stereocenters. The molecule has 1 aromatic carbocycles. The van der Waals surface area contributed by atoms with Crippen LogP contribution < -0.4 is 4.74 Å². The lowest BCUT2D eigenvalue weighted by atomic mass is 10.2. The molecule has 72 valence electrons. The minimum Gasteiger partial charge on any atom is -0.497 e. The monoisotopic (exact) mass is 254 g/mol. The van der Waals surface area contributed by atoms with E-state index >= 15 is 0 Å². The van der Waals surface area contributed by atoms with Crippen molar-refractivity contribution in [1.29, 1.82) is 0 Å². The first-order valence-electron chi connectivity index (χ1n) is 3.93. The topological polar surface area (TPSA) is 48.2 Å². The van der Waals surface area contributed by atoms with E-state index in [0.29, 0.717) is 10.6 Å². The van der Waals surface area contributed by atoms with Gasteiger partial charge in [0.2, 0.25) is 4.73 Å². The van der Waals surface area contributed by atoms with Crippen molar-refractivity contribution in [2.45, 2.75) is 0 Å². The standard InChI is InChI=1S/C9H7BrN2O2/c1-13-7-4-2-6(3-5-7)8-11-9(10)12-14-8/h2-5H,1H3. The number of benzene rings is 1. The Morgan fingerprint density at radius 1 is 1.29 bits per heavy atom. The van der Waals surface area contributed by atoms with E-state index in [4.69, 9.17) is 9.26 Å². The van der Waals surface area contributed by atoms with Crippen molar-refractivity contribution in [3.05, 3.63) is 29.0 Å². The fourth-order valence-electron chi connectivity index (χ4n) is 1.06. The zero-order chi connectivity index (χ0) is 9.97. The number of methoxy groups -OCH3 is 1. The Labute approximate surface area is 89.0 Å². The van der Waals surface area contributed by atoms with E-state index in [9.17, 15) is 0 Å². The van der Waals surface area contributed by atoms with Gasteiger partial charge in [-0.1, -0.05) is 0 Å². The van der Waals surface area contributed by atoms with Crippen LogP contribution in [0.25, 0.3) is 11.5 Å². The number of rotatable bonds is 2. The predicted molar refractivity (Wildman–Crippen MR) is 54.0 cm³/mol. The molecule has 5 heteroatoms. The Morgan fingerprint density at radius 2 is 2.00 bits per heavy atom. The summed E-state index contributed by atoms with van der Waals surface area (Å²) >= 11 is 3.12. The molecule has 0 aliphatic carbocycles. The van der Waals surface area contributed by atoms with Crippen molar-refractivity contribution in [3.8, 4) is 17.2 Å². The largest absolute Gasteiger partial charge is 0.497 e. The summed E-state index contributed by atoms with van der Waals surface area (Å²) in [4.78, 5) is 4.03. The van der Waals surface area contributed by atoms with E-state index in [0.717, 1.165) is 11.3 Å². The highest BCUT2D eigenvalue weighted by Gasteiger charge is 2.06. The molecule has 2 rings (SSSR count). The Bertz CT molecular complexity index is 425. The maximum atomic E-state index is 5.03. The van der Waals surface area contributed by atoms with Crippen molar-refractivity contribution in [2.24, 2.45) is 0 Å². The van der Waals surface area contributed by atoms with Gasteiger partial charge in [0.05, 0.1) is 7.11 Å². The summed E-state index contributed by atoms with van der Waals surface area (Å²) in [6, 6.07) is 7.40. The van der Waals surface area contributed by atoms with Gasteiger partial charge in [0.15, 0.2) is 0 Å². The highest BCUT2D eigenvalue weighted by Crippen LogP contribution is 2.21. The van der Waals surface area contributed by atoms with Crippen molar-refractivity contribution in [1.82, 2.24) is 10.1 Å². The van der Waals surface area contributed by atoms with Crippen LogP contribution in [0.1, 0.15) is 0 Å². The normalized spacial score (nSPS) is 10.1. The van der Waals surface area contributed by atoms with E-state index in [2.05, 4.69) is 26.1 Å². The number of nitrogens with zero attached hydrogens (tertiary/aromatic N) is 2. The van der Waals surface area contributed by atoms with E-state index in [1.807, 2.05) is 24.3 Å². The van der Waals surface area contributed by atoms with Crippen LogP contribution in [0.4, 0.5) is 0 Å². The Hall–Kier alpha value is -1.36. The van der Waals surface area contributed by atoms with Crippen molar-refractivity contribution in [2.75, 3.05) is 7.11 Å². The molecule has 0 saturated carbocycles. The fourth-order valence-corrected chi connectivity index (χ4v) is 1.29. The lowest BCUT2D eigenvalue weighted by Crippen LogP contribution is -1.82. The fraction of sp³-hybridized carbons (Fsp3) is 0.111. The van der Waals surface area contributed by atoms with Crippen LogP contribution in [0.3, 0.4) is 0 Å². The summed E-state index contributed by atoms with van der Waals surface area (Å²) in [5.41, 5.74) is 0.865. The third kappa shape index (κ3) is 1.77. The second-order valence-corrected chi connectivity index (χ2v) is 3.31. The second-order valence-electron chi connectivity index (χ2n) is 2.60. The molecule has 0 fully saturated rings. The van der Waals surface area contributed by atoms with Crippen molar-refractivity contribution in [3.63, 3.8) is 0 Å². The van der Waals surface area contributed by atoms with E-state index in [1.54, 1.807) is 7.11 Å². The summed E-state index contributed by atoms with van der Waals surface area (Å²) in [6.07, 6.45) is 0. The molecule has 0 amide bonds. The lowest BCUT2D eigenvalue weighted by molar-refractivity contribution is 0.414. The Kier molecular flexibility index (Phi) is 2.49. The van der Waals surface area contributed by atoms with Gasteiger partial charge in [0, 0.05) is 5.56 Å². The maximum Gasteiger partial charge on any atom is 0.258 e. The molecule has 0 saturated heterocycles. The average molecular weight is 255 g/mol. The third-order valence-corrected chi connectivity index (χ3v) is 2.06. The van der Waals surface area contributed by atoms with Gasteiger partial charge in [-0.15, -0.1) is 0 Å². The minimum absolute atomic E-state index is 0.448. The summed E-state index contributed by atoms with van der Waals surface area (Å²) in [5, 5.41) is 3.63. The van der Waals surface area contributed by atoms with Gasteiger partial charge in [0.25, 0.3) is 5.89 Å². The molecule has 0 radical (unpaired) electrons. The number of aromatic nitrogens is 2. The number of ether oxygens (including phenoxy) is 1. The summed E-state index contributed by atoms with van der Waals surface area (Å²) in [7, 11) is 1.62. The summed E-state index contributed by atoms with van der Waals surface area (Å²) in [6.45, 7) is 0. The molecule has 14 heavy (non-hydrogen) atoms. The highest BCUT2D eigenvalue weighted by atomic mass is 79.9. The van der Waals surface area contributed by atoms with Gasteiger partial charge >= 0.3 is 0 Å². The lowest BCUT2D eigenvalue weighted by Gasteiger charge is -1.98. The Balaban J connectivity index is 2.33. The molecule has 1 heterocycles. The molecule has 0 aliphatic rings. The van der Waals surface area contributed by atoms with Gasteiger partial charge in [0.1, 0.15) is 5.75 Å². The van der Waals surface area contributed by atoms with Crippen LogP contribution in [0.2, 0.25) is 0 Å². The van der Waals surface area contributed by atoms with Gasteiger partial charge < -0.3 is 9.26 Å². The quantitative estimate of drug-likeness (QED) is 0.827. The molecule has 1 aromatic heterocycles. The first kappa shape index (κ1) is 9.21. The van der Waals surface area contributed by atoms with Crippen LogP contribution >= 0.6 is 15.9 Å². The Morgan fingerprint density at radius 3 is 2.50 bits per heavy atom. The average Bonchev–Trinajstić information content (AvgIpc) is 2.65. The van der Waals surface area contributed by atoms with Crippen LogP contribution in [0, 0.1) is 0 Å². The second kappa shape index (κ2) is 3.79. The smallest absolute Gasteiger partial charge is 0.258 e. The van der Waals surface area contributed by atoms with Crippen LogP contribution in [-0.2, 0) is 0 Å². The predicted octanol–water partition coefficient (Wildman–Crippen LogP) is 2.51. The van der Waals surface area contributed by atoms with E-state index in [1.165, 1.54) is 0 Å². The van der Waals surface area contributed by atoms with Gasteiger partial charge in [-0.05, 0) is 45.4 Å². The van der Waals surface area contributed by atoms with E-state index in [-0.39, 0.29) is 0 Å². The van der Waals surface area contributed by atoms with Crippen LogP contribution in [-0.4, -0.2) is 17.3 Å². The van der Waals surface area contributed by atoms with Crippen LogP contribution in [0.5, 0.6) is 5.75 Å². The number of hydrogen-bond donors (Lipinski definition) is 0. The zero-order valence-corrected chi connectivity index (χ0v) is 8.98. The van der Waals surface area contributed by atoms with E-state index < -0.39 is 0 Å². The van der Waals surface area contributed by atoms with Crippen LogP contribution in [0.15, 0.2) is 33.5 Å². The number of halogens is 1. The molecule has 0 bridgehead atoms. The molecule has 0 spiro atoms. The minimum atomic E-state index is 0.448. The molecular formula is C9H7BrN2O2. The molecule has 0 aliphatic heterocycles. The molecule has 0 atom stereocenters. The third-order valence-electron chi connectivity index (χ3n) is 1.74. The summed E-state index contributed by atoms with van der Waals surface area (Å²) in [5.74, 6) is 1.28. The SMILES string of the molecule is COc1ccc(-c2nc(Br)no2)cc1. The number of hydrogen-bond acceptors (Lipinski definition) is 4. The zero-order valence-electron chi connectivity index (χ0n) is 7.40. The molecular weight excluding hydrogens is 248 g/mol. The molecule has 0 N–H and O–H groups in total.